The molecule has 3 rings (SSSR count). The zero-order valence-electron chi connectivity index (χ0n) is 21.6. The Morgan fingerprint density at radius 3 is 2.37 bits per heavy atom. The van der Waals surface area contributed by atoms with E-state index in [1.807, 2.05) is 6.07 Å². The van der Waals surface area contributed by atoms with E-state index in [0.717, 1.165) is 41.8 Å². The fourth-order valence-corrected chi connectivity index (χ4v) is 6.26. The molecule has 0 radical (unpaired) electrons. The van der Waals surface area contributed by atoms with Gasteiger partial charge in [0.1, 0.15) is 6.04 Å². The van der Waals surface area contributed by atoms with Crippen molar-refractivity contribution in [3.63, 3.8) is 0 Å². The first kappa shape index (κ1) is 30.5. The minimum absolute atomic E-state index is 0.0261. The number of hydrogen-bond acceptors (Lipinski definition) is 4. The lowest BCUT2D eigenvalue weighted by Crippen LogP contribution is -2.50. The molecule has 1 aliphatic carbocycles. The van der Waals surface area contributed by atoms with Crippen molar-refractivity contribution in [3.8, 4) is 0 Å². The number of hydrogen-bond donors (Lipinski definition) is 1. The van der Waals surface area contributed by atoms with Gasteiger partial charge in [0.15, 0.2) is 0 Å². The van der Waals surface area contributed by atoms with Crippen molar-refractivity contribution in [2.24, 2.45) is 0 Å². The van der Waals surface area contributed by atoms with E-state index in [-0.39, 0.29) is 54.5 Å². The van der Waals surface area contributed by atoms with Crippen molar-refractivity contribution in [3.05, 3.63) is 63.1 Å². The summed E-state index contributed by atoms with van der Waals surface area (Å²) in [7, 11) is -3.69. The van der Waals surface area contributed by atoms with Crippen LogP contribution in [0.4, 0.5) is 5.69 Å². The third-order valence-electron chi connectivity index (χ3n) is 6.69. The van der Waals surface area contributed by atoms with Crippen LogP contribution in [0.5, 0.6) is 0 Å². The second kappa shape index (κ2) is 13.9. The molecule has 2 aromatic carbocycles. The Morgan fingerprint density at radius 2 is 1.71 bits per heavy atom. The fraction of sp³-hybridized carbons (Fsp3) is 0.481. The summed E-state index contributed by atoms with van der Waals surface area (Å²) in [5.74, 6) is -0.460. The van der Waals surface area contributed by atoms with Crippen LogP contribution in [0.25, 0.3) is 0 Å². The molecule has 1 N–H and O–H groups in total. The fourth-order valence-electron chi connectivity index (χ4n) is 4.64. The molecular formula is C27H34Cl3N3O4S. The number of nitrogens with one attached hydrogen (secondary N) is 1. The zero-order valence-corrected chi connectivity index (χ0v) is 24.7. The molecule has 1 saturated carbocycles. The second-order valence-corrected chi connectivity index (χ2v) is 12.9. The lowest BCUT2D eigenvalue weighted by atomic mass is 9.95. The second-order valence-electron chi connectivity index (χ2n) is 9.71. The van der Waals surface area contributed by atoms with E-state index < -0.39 is 16.1 Å². The monoisotopic (exact) mass is 601 g/mol. The van der Waals surface area contributed by atoms with Gasteiger partial charge in [0.2, 0.25) is 21.8 Å². The number of amides is 2. The number of nitrogens with zero attached hydrogens (tertiary/aromatic N) is 2. The van der Waals surface area contributed by atoms with E-state index in [2.05, 4.69) is 5.32 Å². The van der Waals surface area contributed by atoms with Gasteiger partial charge >= 0.3 is 0 Å². The Bertz CT molecular complexity index is 1240. The third kappa shape index (κ3) is 8.76. The predicted molar refractivity (Wildman–Crippen MR) is 154 cm³/mol. The van der Waals surface area contributed by atoms with Crippen molar-refractivity contribution in [1.29, 1.82) is 0 Å². The van der Waals surface area contributed by atoms with Gasteiger partial charge in [-0.15, -0.1) is 0 Å². The molecule has 208 valence electrons. The Labute approximate surface area is 240 Å². The first-order chi connectivity index (χ1) is 18.0. The van der Waals surface area contributed by atoms with Crippen LogP contribution in [0.15, 0.2) is 42.5 Å². The number of anilines is 1. The summed E-state index contributed by atoms with van der Waals surface area (Å²) in [4.78, 5) is 28.1. The summed E-state index contributed by atoms with van der Waals surface area (Å²) in [6.45, 7) is 1.95. The SMILES string of the molecule is C[C@@H](C(=O)NC1CCCCC1)N(Cc1cccc(Cl)c1)C(=O)CCCN(c1cc(Cl)ccc1Cl)S(C)(=O)=O. The third-order valence-corrected chi connectivity index (χ3v) is 8.66. The Balaban J connectivity index is 1.74. The highest BCUT2D eigenvalue weighted by Crippen LogP contribution is 2.31. The highest BCUT2D eigenvalue weighted by atomic mass is 35.5. The van der Waals surface area contributed by atoms with E-state index in [9.17, 15) is 18.0 Å². The number of carbonyl (C=O) groups is 2. The van der Waals surface area contributed by atoms with Crippen molar-refractivity contribution in [1.82, 2.24) is 10.2 Å². The molecule has 0 bridgehead atoms. The molecular weight excluding hydrogens is 569 g/mol. The van der Waals surface area contributed by atoms with Gasteiger partial charge in [-0.25, -0.2) is 8.42 Å². The van der Waals surface area contributed by atoms with Gasteiger partial charge in [-0.3, -0.25) is 13.9 Å². The van der Waals surface area contributed by atoms with Gasteiger partial charge in [0.05, 0.1) is 17.0 Å². The van der Waals surface area contributed by atoms with Crippen LogP contribution < -0.4 is 9.62 Å². The molecule has 2 aromatic rings. The molecule has 0 spiro atoms. The maximum atomic E-state index is 13.5. The van der Waals surface area contributed by atoms with Gasteiger partial charge in [0.25, 0.3) is 0 Å². The van der Waals surface area contributed by atoms with Gasteiger partial charge in [-0.2, -0.15) is 0 Å². The molecule has 38 heavy (non-hydrogen) atoms. The normalized spacial score (nSPS) is 15.1. The Morgan fingerprint density at radius 1 is 1.03 bits per heavy atom. The van der Waals surface area contributed by atoms with Crippen molar-refractivity contribution >= 4 is 62.3 Å². The number of benzene rings is 2. The zero-order chi connectivity index (χ0) is 27.9. The lowest BCUT2D eigenvalue weighted by Gasteiger charge is -2.31. The summed E-state index contributed by atoms with van der Waals surface area (Å²) in [6.07, 6.45) is 6.54. The van der Waals surface area contributed by atoms with Crippen molar-refractivity contribution < 1.29 is 18.0 Å². The van der Waals surface area contributed by atoms with E-state index in [4.69, 9.17) is 34.8 Å². The van der Waals surface area contributed by atoms with E-state index in [1.54, 1.807) is 31.2 Å². The van der Waals surface area contributed by atoms with Gasteiger partial charge in [0, 0.05) is 35.6 Å². The molecule has 0 heterocycles. The Kier molecular flexibility index (Phi) is 11.2. The molecule has 1 atom stereocenters. The molecule has 7 nitrogen and oxygen atoms in total. The molecule has 1 aliphatic rings. The number of halogens is 3. The van der Waals surface area contributed by atoms with Gasteiger partial charge < -0.3 is 10.2 Å². The molecule has 0 unspecified atom stereocenters. The maximum absolute atomic E-state index is 13.5. The van der Waals surface area contributed by atoms with Crippen LogP contribution in [0.2, 0.25) is 15.1 Å². The smallest absolute Gasteiger partial charge is 0.242 e. The van der Waals surface area contributed by atoms with Crippen LogP contribution in [0.3, 0.4) is 0 Å². The average Bonchev–Trinajstić information content (AvgIpc) is 2.86. The van der Waals surface area contributed by atoms with Crippen LogP contribution in [0, 0.1) is 0 Å². The first-order valence-corrected chi connectivity index (χ1v) is 15.7. The summed E-state index contributed by atoms with van der Waals surface area (Å²) in [5, 5.41) is 4.23. The minimum Gasteiger partial charge on any atom is -0.352 e. The van der Waals surface area contributed by atoms with Crippen LogP contribution >= 0.6 is 34.8 Å². The Hall–Kier alpha value is -2.00. The quantitative estimate of drug-likeness (QED) is 0.339. The maximum Gasteiger partial charge on any atom is 0.242 e. The number of sulfonamides is 1. The van der Waals surface area contributed by atoms with Crippen LogP contribution in [-0.4, -0.2) is 50.0 Å². The number of rotatable bonds is 11. The molecule has 2 amide bonds. The van der Waals surface area contributed by atoms with E-state index in [1.165, 1.54) is 23.5 Å². The van der Waals surface area contributed by atoms with Gasteiger partial charge in [-0.1, -0.05) is 66.2 Å². The summed E-state index contributed by atoms with van der Waals surface area (Å²) in [5.41, 5.74) is 1.05. The lowest BCUT2D eigenvalue weighted by molar-refractivity contribution is -0.141. The average molecular weight is 603 g/mol. The highest BCUT2D eigenvalue weighted by molar-refractivity contribution is 7.92. The topological polar surface area (TPSA) is 86.8 Å². The summed E-state index contributed by atoms with van der Waals surface area (Å²) in [6, 6.07) is 11.2. The summed E-state index contributed by atoms with van der Waals surface area (Å²) < 4.78 is 26.2. The van der Waals surface area contributed by atoms with Crippen LogP contribution in [-0.2, 0) is 26.2 Å². The van der Waals surface area contributed by atoms with E-state index in [0.29, 0.717) is 10.0 Å². The molecule has 1 fully saturated rings. The van der Waals surface area contributed by atoms with Crippen molar-refractivity contribution in [2.75, 3.05) is 17.1 Å². The van der Waals surface area contributed by atoms with E-state index >= 15 is 0 Å². The first-order valence-electron chi connectivity index (χ1n) is 12.7. The highest BCUT2D eigenvalue weighted by Gasteiger charge is 2.28. The standard InChI is InChI=1S/C27H34Cl3N3O4S/c1-19(27(35)31-23-10-4-3-5-11-23)32(18-20-8-6-9-21(28)16-20)26(34)12-7-15-33(38(2,36)37)25-17-22(29)13-14-24(25)30/h6,8-9,13-14,16-17,19,23H,3-5,7,10-12,15,18H2,1-2H3,(H,31,35)/t19-/m0/s1. The molecule has 0 aliphatic heterocycles. The largest absolute Gasteiger partial charge is 0.352 e. The van der Waals surface area contributed by atoms with Gasteiger partial charge in [-0.05, 0) is 62.1 Å². The molecule has 0 aromatic heterocycles. The predicted octanol–water partition coefficient (Wildman–Crippen LogP) is 6.06. The molecule has 11 heteroatoms. The molecule has 0 saturated heterocycles. The van der Waals surface area contributed by atoms with Crippen LogP contribution in [0.1, 0.15) is 57.4 Å². The summed E-state index contributed by atoms with van der Waals surface area (Å²) >= 11 is 18.5. The van der Waals surface area contributed by atoms with Crippen molar-refractivity contribution in [2.45, 2.75) is 70.5 Å². The number of carbonyl (C=O) groups excluding carboxylic acids is 2. The minimum atomic E-state index is -3.69.